The minimum absolute atomic E-state index is 0.210. The number of hydrogen-bond acceptors (Lipinski definition) is 3. The highest BCUT2D eigenvalue weighted by atomic mass is 32.1. The summed E-state index contributed by atoms with van der Waals surface area (Å²) in [6, 6.07) is 3.62. The van der Waals surface area contributed by atoms with E-state index in [-0.39, 0.29) is 5.91 Å². The van der Waals surface area contributed by atoms with Crippen LogP contribution in [0.4, 0.5) is 0 Å². The molecule has 0 atom stereocenters. The van der Waals surface area contributed by atoms with E-state index in [2.05, 4.69) is 12.8 Å². The molecule has 0 bridgehead atoms. The van der Waals surface area contributed by atoms with Crippen molar-refractivity contribution in [3.8, 4) is 0 Å². The second-order valence-corrected chi connectivity index (χ2v) is 2.98. The summed E-state index contributed by atoms with van der Waals surface area (Å²) in [5.41, 5.74) is 1.32. The molecule has 64 valence electrons. The Morgan fingerprint density at radius 2 is 2.33 bits per heavy atom. The van der Waals surface area contributed by atoms with Gasteiger partial charge in [-0.1, -0.05) is 0 Å². The first-order valence-electron chi connectivity index (χ1n) is 3.35. The standard InChI is InChI=1S/C7H8N2OS2/c1-5-3-2-4-9(12)6(5)7(10)8-11/h2-4H,8H2,1H3. The van der Waals surface area contributed by atoms with Crippen LogP contribution in [0, 0.1) is 6.92 Å². The zero-order valence-electron chi connectivity index (χ0n) is 6.48. The Bertz CT molecular complexity index is 294. The number of nitrogens with zero attached hydrogens (tertiary/aromatic N) is 1. The van der Waals surface area contributed by atoms with Crippen molar-refractivity contribution in [2.75, 3.05) is 0 Å². The zero-order valence-corrected chi connectivity index (χ0v) is 8.11. The van der Waals surface area contributed by atoms with Crippen LogP contribution >= 0.6 is 0 Å². The van der Waals surface area contributed by atoms with Gasteiger partial charge in [-0.15, -0.1) is 0 Å². The van der Waals surface area contributed by atoms with Crippen LogP contribution in [0.3, 0.4) is 0 Å². The molecule has 1 aromatic rings. The Hall–Kier alpha value is -0.650. The Morgan fingerprint density at radius 3 is 2.83 bits per heavy atom. The first kappa shape index (κ1) is 9.44. The van der Waals surface area contributed by atoms with Gasteiger partial charge in [-0.2, -0.15) is 0 Å². The fourth-order valence-electron chi connectivity index (χ4n) is 0.952. The molecular weight excluding hydrogens is 192 g/mol. The molecule has 0 aliphatic rings. The fraction of sp³-hybridized carbons (Fsp3) is 0.143. The lowest BCUT2D eigenvalue weighted by Gasteiger charge is -2.05. The van der Waals surface area contributed by atoms with Crippen LogP contribution in [-0.2, 0) is 25.6 Å². The van der Waals surface area contributed by atoms with Gasteiger partial charge in [-0.3, -0.25) is 3.97 Å². The van der Waals surface area contributed by atoms with Crippen LogP contribution in [0.5, 0.6) is 0 Å². The van der Waals surface area contributed by atoms with E-state index < -0.39 is 0 Å². The number of pyridine rings is 1. The highest BCUT2D eigenvalue weighted by Crippen LogP contribution is 1.98. The van der Waals surface area contributed by atoms with Gasteiger partial charge in [0.05, 0.1) is 0 Å². The molecule has 0 aliphatic carbocycles. The number of quaternary nitrogens is 1. The number of carbonyl (C=O) groups excluding carboxylic acids is 1. The predicted molar refractivity (Wildman–Crippen MR) is 47.8 cm³/mol. The monoisotopic (exact) mass is 200 g/mol. The average Bonchev–Trinajstić information content (AvgIpc) is 2.03. The molecule has 0 unspecified atom stereocenters. The number of aryl methyl sites for hydroxylation is 1. The number of primary amides is 1. The Balaban J connectivity index is 3.21. The van der Waals surface area contributed by atoms with E-state index in [4.69, 9.17) is 12.8 Å². The van der Waals surface area contributed by atoms with Gasteiger partial charge in [0.25, 0.3) is 5.69 Å². The molecule has 5 heteroatoms. The van der Waals surface area contributed by atoms with E-state index in [0.29, 0.717) is 5.69 Å². The number of amides is 1. The van der Waals surface area contributed by atoms with Crippen LogP contribution in [0.25, 0.3) is 0 Å². The molecule has 1 rings (SSSR count). The van der Waals surface area contributed by atoms with Gasteiger partial charge in [0.1, 0.15) is 0 Å². The maximum atomic E-state index is 11.2. The Labute approximate surface area is 81.9 Å². The summed E-state index contributed by atoms with van der Waals surface area (Å²) >= 11 is 9.45. The number of hydrogen-bond donors (Lipinski definition) is 1. The number of rotatable bonds is 1. The Kier molecular flexibility index (Phi) is 3.02. The third-order valence-corrected chi connectivity index (χ3v) is 2.02. The average molecular weight is 200 g/mol. The van der Waals surface area contributed by atoms with Crippen molar-refractivity contribution in [3.05, 3.63) is 29.6 Å². The largest absolute Gasteiger partial charge is 0.488 e. The predicted octanol–water partition coefficient (Wildman–Crippen LogP) is -1.24. The quantitative estimate of drug-likeness (QED) is 0.455. The third-order valence-electron chi connectivity index (χ3n) is 1.50. The molecule has 12 heavy (non-hydrogen) atoms. The van der Waals surface area contributed by atoms with Crippen molar-refractivity contribution < 1.29 is 13.5 Å². The van der Waals surface area contributed by atoms with Gasteiger partial charge in [0, 0.05) is 11.6 Å². The highest BCUT2D eigenvalue weighted by Gasteiger charge is 2.16. The van der Waals surface area contributed by atoms with Gasteiger partial charge in [-0.05, 0) is 13.0 Å². The summed E-state index contributed by atoms with van der Waals surface area (Å²) in [5.74, 6) is -0.210. The molecule has 0 saturated heterocycles. The van der Waals surface area contributed by atoms with E-state index >= 15 is 0 Å². The second kappa shape index (κ2) is 3.84. The lowest BCUT2D eigenvalue weighted by molar-refractivity contribution is -0.507. The Morgan fingerprint density at radius 1 is 1.67 bits per heavy atom. The lowest BCUT2D eigenvalue weighted by atomic mass is 10.2. The van der Waals surface area contributed by atoms with E-state index in [1.165, 1.54) is 3.97 Å². The van der Waals surface area contributed by atoms with Gasteiger partial charge < -0.3 is 30.4 Å². The van der Waals surface area contributed by atoms with Crippen molar-refractivity contribution in [2.24, 2.45) is 0 Å². The van der Waals surface area contributed by atoms with Crippen molar-refractivity contribution in [1.82, 2.24) is 0 Å². The zero-order chi connectivity index (χ0) is 9.14. The highest BCUT2D eigenvalue weighted by molar-refractivity contribution is 7.51. The van der Waals surface area contributed by atoms with E-state index in [9.17, 15) is 4.79 Å². The van der Waals surface area contributed by atoms with E-state index in [0.717, 1.165) is 10.3 Å². The van der Waals surface area contributed by atoms with Crippen LogP contribution in [0.2, 0.25) is 0 Å². The van der Waals surface area contributed by atoms with Crippen LogP contribution in [-0.4, -0.2) is 5.91 Å². The smallest absolute Gasteiger partial charge is 0.388 e. The number of carbonyl (C=O) groups is 1. The summed E-state index contributed by atoms with van der Waals surface area (Å²) in [6.45, 7) is 1.83. The molecule has 1 aromatic heterocycles. The van der Waals surface area contributed by atoms with Crippen LogP contribution in [0.1, 0.15) is 16.1 Å². The third kappa shape index (κ3) is 1.74. The van der Waals surface area contributed by atoms with Crippen molar-refractivity contribution in [1.29, 1.82) is 0 Å². The van der Waals surface area contributed by atoms with Crippen LogP contribution in [0.15, 0.2) is 18.3 Å². The van der Waals surface area contributed by atoms with Gasteiger partial charge in [0.15, 0.2) is 6.20 Å². The van der Waals surface area contributed by atoms with Gasteiger partial charge in [-0.25, -0.2) is 4.79 Å². The molecule has 0 aliphatic heterocycles. The topological polar surface area (TPSA) is 37.6 Å². The van der Waals surface area contributed by atoms with Crippen molar-refractivity contribution >= 4 is 31.5 Å². The molecule has 0 spiro atoms. The summed E-state index contributed by atoms with van der Waals surface area (Å²) in [7, 11) is 0. The molecule has 3 nitrogen and oxygen atoms in total. The summed E-state index contributed by atoms with van der Waals surface area (Å²) in [6.07, 6.45) is 1.65. The molecule has 1 heterocycles. The number of aromatic nitrogens is 1. The molecular formula is C7H8N2OS2. The molecule has 1 amide bonds. The van der Waals surface area contributed by atoms with E-state index in [1.54, 1.807) is 12.3 Å². The summed E-state index contributed by atoms with van der Waals surface area (Å²) < 4.78 is 2.46. The molecule has 2 N–H and O–H groups in total. The minimum atomic E-state index is -0.210. The van der Waals surface area contributed by atoms with E-state index in [1.807, 2.05) is 13.0 Å². The molecule has 0 fully saturated rings. The van der Waals surface area contributed by atoms with Crippen LogP contribution < -0.4 is 8.69 Å². The number of nitrogens with two attached hydrogens (primary N) is 1. The second-order valence-electron chi connectivity index (χ2n) is 2.35. The molecule has 0 radical (unpaired) electrons. The SMILES string of the molecule is Cc1ccc[n+]([S-])c1C(=O)[NH2+][S-]. The maximum Gasteiger partial charge on any atom is 0.388 e. The molecule has 0 aromatic carbocycles. The first-order chi connectivity index (χ1) is 5.66. The normalized spacial score (nSPS) is 9.83. The van der Waals surface area contributed by atoms with Crippen molar-refractivity contribution in [3.63, 3.8) is 0 Å². The maximum absolute atomic E-state index is 11.2. The van der Waals surface area contributed by atoms with Gasteiger partial charge in [0.2, 0.25) is 0 Å². The first-order valence-corrected chi connectivity index (χ1v) is 4.18. The fourth-order valence-corrected chi connectivity index (χ4v) is 1.37. The summed E-state index contributed by atoms with van der Waals surface area (Å²) in [5, 5.41) is 0. The molecule has 0 saturated carbocycles. The van der Waals surface area contributed by atoms with Crippen molar-refractivity contribution in [2.45, 2.75) is 6.92 Å². The van der Waals surface area contributed by atoms with Gasteiger partial charge >= 0.3 is 5.91 Å². The summed E-state index contributed by atoms with van der Waals surface area (Å²) in [4.78, 5) is 11.2. The minimum Gasteiger partial charge on any atom is -0.488 e. The lowest BCUT2D eigenvalue weighted by Crippen LogP contribution is -2.83.